The highest BCUT2D eigenvalue weighted by atomic mass is 16.5. The van der Waals surface area contributed by atoms with E-state index < -0.39 is 17.8 Å². The van der Waals surface area contributed by atoms with Crippen LogP contribution in [0.1, 0.15) is 26.2 Å². The van der Waals surface area contributed by atoms with Crippen molar-refractivity contribution >= 4 is 11.9 Å². The average molecular weight is 217 g/mol. The fourth-order valence-electron chi connectivity index (χ4n) is 1.03. The summed E-state index contributed by atoms with van der Waals surface area (Å²) >= 11 is 0. The minimum absolute atomic E-state index is 0.422. The molecule has 0 aromatic heterocycles. The Morgan fingerprint density at radius 1 is 1.33 bits per heavy atom. The Bertz CT molecular complexity index is 206. The van der Waals surface area contributed by atoms with Crippen molar-refractivity contribution in [1.29, 1.82) is 0 Å². The summed E-state index contributed by atoms with van der Waals surface area (Å²) in [6.45, 7) is 2.63. The number of aliphatic carboxylic acids is 1. The van der Waals surface area contributed by atoms with Crippen LogP contribution >= 0.6 is 0 Å². The van der Waals surface area contributed by atoms with Crippen LogP contribution in [-0.4, -0.2) is 37.2 Å². The van der Waals surface area contributed by atoms with Crippen LogP contribution in [-0.2, 0) is 14.3 Å². The van der Waals surface area contributed by atoms with Crippen LogP contribution in [0.25, 0.3) is 0 Å². The summed E-state index contributed by atoms with van der Waals surface area (Å²) in [6.07, 6.45) is 2.78. The third-order valence-corrected chi connectivity index (χ3v) is 2.09. The fraction of sp³-hybridized carbons (Fsp3) is 0.800. The Labute approximate surface area is 89.8 Å². The number of carboxylic acids is 1. The van der Waals surface area contributed by atoms with E-state index in [9.17, 15) is 9.59 Å². The molecule has 1 unspecified atom stereocenters. The first-order valence-electron chi connectivity index (χ1n) is 5.09. The Hall–Kier alpha value is -1.10. The van der Waals surface area contributed by atoms with Crippen molar-refractivity contribution < 1.29 is 19.4 Å². The van der Waals surface area contributed by atoms with Gasteiger partial charge in [-0.1, -0.05) is 0 Å². The zero-order valence-corrected chi connectivity index (χ0v) is 9.28. The van der Waals surface area contributed by atoms with Gasteiger partial charge in [0.2, 0.25) is 5.91 Å². The number of carbonyl (C=O) groups excluding carboxylic acids is 1. The van der Waals surface area contributed by atoms with E-state index in [4.69, 9.17) is 9.84 Å². The lowest BCUT2D eigenvalue weighted by Gasteiger charge is -2.07. The first kappa shape index (κ1) is 13.9. The van der Waals surface area contributed by atoms with Gasteiger partial charge < -0.3 is 15.2 Å². The molecule has 5 nitrogen and oxygen atoms in total. The minimum atomic E-state index is -1.09. The van der Waals surface area contributed by atoms with E-state index in [2.05, 4.69) is 5.32 Å². The van der Waals surface area contributed by atoms with Gasteiger partial charge >= 0.3 is 5.97 Å². The summed E-state index contributed by atoms with van der Waals surface area (Å²) in [5, 5.41) is 11.1. The Balaban J connectivity index is 3.43. The van der Waals surface area contributed by atoms with Gasteiger partial charge in [-0.2, -0.15) is 0 Å². The standard InChI is InChI=1S/C10H19NO4/c1-8(10(13)14)9(12)11-6-4-3-5-7-15-2/h8H,3-7H2,1-2H3,(H,11,12)(H,13,14). The number of rotatable bonds is 8. The normalized spacial score (nSPS) is 12.1. The predicted molar refractivity (Wildman–Crippen MR) is 55.5 cm³/mol. The first-order chi connectivity index (χ1) is 7.09. The van der Waals surface area contributed by atoms with Crippen molar-refractivity contribution in [3.63, 3.8) is 0 Å². The molecule has 0 aliphatic heterocycles. The summed E-state index contributed by atoms with van der Waals surface area (Å²) in [4.78, 5) is 21.6. The monoisotopic (exact) mass is 217 g/mol. The molecule has 0 saturated heterocycles. The maximum atomic E-state index is 11.2. The van der Waals surface area contributed by atoms with Gasteiger partial charge in [-0.25, -0.2) is 0 Å². The van der Waals surface area contributed by atoms with Crippen LogP contribution < -0.4 is 5.32 Å². The van der Waals surface area contributed by atoms with Crippen LogP contribution in [0.4, 0.5) is 0 Å². The van der Waals surface area contributed by atoms with Gasteiger partial charge in [0, 0.05) is 20.3 Å². The van der Waals surface area contributed by atoms with Gasteiger partial charge in [0.25, 0.3) is 0 Å². The van der Waals surface area contributed by atoms with Crippen molar-refractivity contribution in [2.24, 2.45) is 5.92 Å². The largest absolute Gasteiger partial charge is 0.481 e. The lowest BCUT2D eigenvalue weighted by molar-refractivity contribution is -0.146. The summed E-state index contributed by atoms with van der Waals surface area (Å²) in [6, 6.07) is 0. The lowest BCUT2D eigenvalue weighted by Crippen LogP contribution is -2.34. The number of amides is 1. The van der Waals surface area contributed by atoms with Crippen molar-refractivity contribution in [2.45, 2.75) is 26.2 Å². The Morgan fingerprint density at radius 2 is 2.00 bits per heavy atom. The number of carboxylic acid groups (broad SMARTS) is 1. The molecule has 0 saturated carbocycles. The summed E-state index contributed by atoms with van der Waals surface area (Å²) < 4.78 is 4.87. The van der Waals surface area contributed by atoms with Crippen molar-refractivity contribution in [2.75, 3.05) is 20.3 Å². The van der Waals surface area contributed by atoms with Crippen LogP contribution in [0, 0.1) is 5.92 Å². The summed E-state index contributed by atoms with van der Waals surface area (Å²) in [7, 11) is 1.65. The van der Waals surface area contributed by atoms with Crippen molar-refractivity contribution in [3.05, 3.63) is 0 Å². The number of carbonyl (C=O) groups is 2. The molecule has 1 atom stereocenters. The molecule has 0 spiro atoms. The molecule has 0 aliphatic rings. The first-order valence-corrected chi connectivity index (χ1v) is 5.09. The molecule has 0 bridgehead atoms. The molecular formula is C10H19NO4. The van der Waals surface area contributed by atoms with Crippen LogP contribution in [0.5, 0.6) is 0 Å². The number of hydrogen-bond donors (Lipinski definition) is 2. The van der Waals surface area contributed by atoms with Gasteiger partial charge in [0.05, 0.1) is 0 Å². The molecule has 5 heteroatoms. The number of methoxy groups -OCH3 is 1. The van der Waals surface area contributed by atoms with Crippen LogP contribution in [0.2, 0.25) is 0 Å². The quantitative estimate of drug-likeness (QED) is 0.462. The molecule has 15 heavy (non-hydrogen) atoms. The van der Waals surface area contributed by atoms with E-state index in [-0.39, 0.29) is 0 Å². The molecule has 0 rings (SSSR count). The van der Waals surface area contributed by atoms with E-state index in [0.29, 0.717) is 6.54 Å². The van der Waals surface area contributed by atoms with Gasteiger partial charge in [0.15, 0.2) is 0 Å². The third kappa shape index (κ3) is 6.90. The molecule has 0 fully saturated rings. The highest BCUT2D eigenvalue weighted by Crippen LogP contribution is 1.97. The van der Waals surface area contributed by atoms with E-state index in [1.165, 1.54) is 6.92 Å². The Kier molecular flexibility index (Phi) is 7.62. The topological polar surface area (TPSA) is 75.6 Å². The summed E-state index contributed by atoms with van der Waals surface area (Å²) in [5.41, 5.74) is 0. The van der Waals surface area contributed by atoms with E-state index in [1.807, 2.05) is 0 Å². The van der Waals surface area contributed by atoms with Gasteiger partial charge in [-0.05, 0) is 26.2 Å². The van der Waals surface area contributed by atoms with Gasteiger partial charge in [-0.3, -0.25) is 9.59 Å². The predicted octanol–water partition coefficient (Wildman–Crippen LogP) is 0.640. The number of nitrogens with one attached hydrogen (secondary N) is 1. The van der Waals surface area contributed by atoms with E-state index in [1.54, 1.807) is 7.11 Å². The maximum absolute atomic E-state index is 11.2. The summed E-state index contributed by atoms with van der Waals surface area (Å²) in [5.74, 6) is -2.48. The highest BCUT2D eigenvalue weighted by molar-refractivity contribution is 5.96. The Morgan fingerprint density at radius 3 is 2.53 bits per heavy atom. The molecule has 0 aliphatic carbocycles. The molecule has 88 valence electrons. The molecule has 0 radical (unpaired) electrons. The zero-order chi connectivity index (χ0) is 11.7. The minimum Gasteiger partial charge on any atom is -0.481 e. The second-order valence-corrected chi connectivity index (χ2v) is 3.40. The smallest absolute Gasteiger partial charge is 0.315 e. The molecular weight excluding hydrogens is 198 g/mol. The van der Waals surface area contributed by atoms with Gasteiger partial charge in [-0.15, -0.1) is 0 Å². The second-order valence-electron chi connectivity index (χ2n) is 3.40. The molecule has 0 aromatic rings. The van der Waals surface area contributed by atoms with Crippen LogP contribution in [0.3, 0.4) is 0 Å². The lowest BCUT2D eigenvalue weighted by atomic mass is 10.1. The molecule has 2 N–H and O–H groups in total. The maximum Gasteiger partial charge on any atom is 0.315 e. The highest BCUT2D eigenvalue weighted by Gasteiger charge is 2.19. The van der Waals surface area contributed by atoms with E-state index >= 15 is 0 Å². The van der Waals surface area contributed by atoms with Gasteiger partial charge in [0.1, 0.15) is 5.92 Å². The molecule has 1 amide bonds. The molecule has 0 aromatic carbocycles. The van der Waals surface area contributed by atoms with Crippen molar-refractivity contribution in [1.82, 2.24) is 5.32 Å². The van der Waals surface area contributed by atoms with Crippen molar-refractivity contribution in [3.8, 4) is 0 Å². The van der Waals surface area contributed by atoms with Crippen LogP contribution in [0.15, 0.2) is 0 Å². The van der Waals surface area contributed by atoms with E-state index in [0.717, 1.165) is 25.9 Å². The number of ether oxygens (including phenoxy) is 1. The number of unbranched alkanes of at least 4 members (excludes halogenated alkanes) is 2. The number of hydrogen-bond acceptors (Lipinski definition) is 3. The zero-order valence-electron chi connectivity index (χ0n) is 9.28. The SMILES string of the molecule is COCCCCCNC(=O)C(C)C(=O)O. The average Bonchev–Trinajstić information content (AvgIpc) is 2.21. The second kappa shape index (κ2) is 8.23. The molecule has 0 heterocycles. The third-order valence-electron chi connectivity index (χ3n) is 2.09. The fourth-order valence-corrected chi connectivity index (χ4v) is 1.03.